The summed E-state index contributed by atoms with van der Waals surface area (Å²) in [5.41, 5.74) is 0.520. The van der Waals surface area contributed by atoms with E-state index in [1.807, 2.05) is 0 Å². The molecule has 1 unspecified atom stereocenters. The zero-order chi connectivity index (χ0) is 16.4. The minimum Gasteiger partial charge on any atom is -0.479 e. The minimum absolute atomic E-state index is 0.221. The SMILES string of the molecule is CC1Oc2ccccc2N(CC(=O)Oc2ccc(F)cc2)C1=O. The van der Waals surface area contributed by atoms with Crippen LogP contribution in [0.1, 0.15) is 6.92 Å². The summed E-state index contributed by atoms with van der Waals surface area (Å²) in [6.07, 6.45) is -0.677. The Morgan fingerprint density at radius 2 is 1.91 bits per heavy atom. The fraction of sp³-hybridized carbons (Fsp3) is 0.176. The summed E-state index contributed by atoms with van der Waals surface area (Å²) in [6, 6.07) is 12.1. The lowest BCUT2D eigenvalue weighted by Crippen LogP contribution is -2.47. The molecule has 1 amide bonds. The highest BCUT2D eigenvalue weighted by atomic mass is 19.1. The van der Waals surface area contributed by atoms with E-state index in [9.17, 15) is 14.0 Å². The number of nitrogens with zero attached hydrogens (tertiary/aromatic N) is 1. The Hall–Kier alpha value is -2.89. The fourth-order valence-corrected chi connectivity index (χ4v) is 2.32. The predicted octanol–water partition coefficient (Wildman–Crippen LogP) is 2.55. The van der Waals surface area contributed by atoms with Crippen LogP contribution in [0.15, 0.2) is 48.5 Å². The van der Waals surface area contributed by atoms with Gasteiger partial charge >= 0.3 is 5.97 Å². The number of amides is 1. The van der Waals surface area contributed by atoms with Gasteiger partial charge < -0.3 is 9.47 Å². The monoisotopic (exact) mass is 315 g/mol. The maximum atomic E-state index is 12.8. The zero-order valence-electron chi connectivity index (χ0n) is 12.4. The number of fused-ring (bicyclic) bond motifs is 1. The van der Waals surface area contributed by atoms with Gasteiger partial charge in [-0.3, -0.25) is 9.69 Å². The molecule has 0 saturated heterocycles. The van der Waals surface area contributed by atoms with Crippen molar-refractivity contribution >= 4 is 17.6 Å². The largest absolute Gasteiger partial charge is 0.479 e. The Balaban J connectivity index is 1.77. The first kappa shape index (κ1) is 15.0. The molecule has 0 aromatic heterocycles. The number of hydrogen-bond acceptors (Lipinski definition) is 4. The summed E-state index contributed by atoms with van der Waals surface area (Å²) in [7, 11) is 0. The molecule has 2 aromatic carbocycles. The van der Waals surface area contributed by atoms with Gasteiger partial charge in [0.1, 0.15) is 23.9 Å². The molecule has 0 radical (unpaired) electrons. The smallest absolute Gasteiger partial charge is 0.331 e. The summed E-state index contributed by atoms with van der Waals surface area (Å²) in [4.78, 5) is 25.7. The molecule has 0 N–H and O–H groups in total. The van der Waals surface area contributed by atoms with Gasteiger partial charge in [0.05, 0.1) is 5.69 Å². The third kappa shape index (κ3) is 3.15. The molecule has 1 aliphatic heterocycles. The van der Waals surface area contributed by atoms with Crippen LogP contribution < -0.4 is 14.4 Å². The van der Waals surface area contributed by atoms with E-state index in [4.69, 9.17) is 9.47 Å². The number of para-hydroxylation sites is 2. The Kier molecular flexibility index (Phi) is 3.97. The first-order valence-corrected chi connectivity index (χ1v) is 7.08. The quantitative estimate of drug-likeness (QED) is 0.645. The first-order chi connectivity index (χ1) is 11.0. The van der Waals surface area contributed by atoms with Crippen molar-refractivity contribution in [2.45, 2.75) is 13.0 Å². The Morgan fingerprint density at radius 3 is 2.65 bits per heavy atom. The lowest BCUT2D eigenvalue weighted by molar-refractivity contribution is -0.135. The van der Waals surface area contributed by atoms with Gasteiger partial charge in [-0.2, -0.15) is 0 Å². The van der Waals surface area contributed by atoms with Crippen molar-refractivity contribution in [1.29, 1.82) is 0 Å². The van der Waals surface area contributed by atoms with Crippen LogP contribution >= 0.6 is 0 Å². The van der Waals surface area contributed by atoms with Gasteiger partial charge in [-0.05, 0) is 43.3 Å². The highest BCUT2D eigenvalue weighted by molar-refractivity contribution is 6.03. The van der Waals surface area contributed by atoms with Gasteiger partial charge in [0.2, 0.25) is 0 Å². The summed E-state index contributed by atoms with van der Waals surface area (Å²) in [6.45, 7) is 1.37. The van der Waals surface area contributed by atoms with Crippen LogP contribution in [0.2, 0.25) is 0 Å². The van der Waals surface area contributed by atoms with Gasteiger partial charge in [-0.15, -0.1) is 0 Å². The second-order valence-electron chi connectivity index (χ2n) is 5.08. The third-order valence-corrected chi connectivity index (χ3v) is 3.41. The molecule has 0 fully saturated rings. The lowest BCUT2D eigenvalue weighted by Gasteiger charge is -2.32. The van der Waals surface area contributed by atoms with E-state index in [1.54, 1.807) is 31.2 Å². The van der Waals surface area contributed by atoms with Crippen molar-refractivity contribution in [3.8, 4) is 11.5 Å². The molecule has 23 heavy (non-hydrogen) atoms. The Labute approximate surface area is 132 Å². The van der Waals surface area contributed by atoms with Crippen molar-refractivity contribution in [3.63, 3.8) is 0 Å². The first-order valence-electron chi connectivity index (χ1n) is 7.08. The van der Waals surface area contributed by atoms with Crippen LogP contribution in [-0.4, -0.2) is 24.5 Å². The van der Waals surface area contributed by atoms with Crippen LogP contribution in [0.5, 0.6) is 11.5 Å². The van der Waals surface area contributed by atoms with Crippen LogP contribution in [0.4, 0.5) is 10.1 Å². The molecule has 1 aliphatic rings. The van der Waals surface area contributed by atoms with E-state index in [2.05, 4.69) is 0 Å². The topological polar surface area (TPSA) is 55.8 Å². The number of rotatable bonds is 3. The second kappa shape index (κ2) is 6.08. The molecular formula is C17H14FNO4. The normalized spacial score (nSPS) is 16.5. The van der Waals surface area contributed by atoms with Gasteiger partial charge in [-0.1, -0.05) is 12.1 Å². The molecule has 0 bridgehead atoms. The number of hydrogen-bond donors (Lipinski definition) is 0. The predicted molar refractivity (Wildman–Crippen MR) is 80.9 cm³/mol. The maximum absolute atomic E-state index is 12.8. The number of halogens is 1. The maximum Gasteiger partial charge on any atom is 0.331 e. The number of benzene rings is 2. The van der Waals surface area contributed by atoms with E-state index >= 15 is 0 Å². The molecule has 6 heteroatoms. The molecule has 1 atom stereocenters. The van der Waals surface area contributed by atoms with Crippen LogP contribution in [0, 0.1) is 5.82 Å². The number of anilines is 1. The average Bonchev–Trinajstić information content (AvgIpc) is 2.54. The average molecular weight is 315 g/mol. The lowest BCUT2D eigenvalue weighted by atomic mass is 10.2. The van der Waals surface area contributed by atoms with E-state index in [1.165, 1.54) is 29.2 Å². The number of ether oxygens (including phenoxy) is 2. The summed E-state index contributed by atoms with van der Waals surface area (Å²) in [5.74, 6) is -0.600. The van der Waals surface area contributed by atoms with E-state index in [0.717, 1.165) is 0 Å². The number of esters is 1. The van der Waals surface area contributed by atoms with E-state index < -0.39 is 17.9 Å². The molecule has 0 aliphatic carbocycles. The van der Waals surface area contributed by atoms with Gasteiger partial charge in [-0.25, -0.2) is 9.18 Å². The fourth-order valence-electron chi connectivity index (χ4n) is 2.32. The molecule has 2 aromatic rings. The van der Waals surface area contributed by atoms with Crippen molar-refractivity contribution in [2.75, 3.05) is 11.4 Å². The highest BCUT2D eigenvalue weighted by Crippen LogP contribution is 2.33. The number of carbonyl (C=O) groups excluding carboxylic acids is 2. The van der Waals surface area contributed by atoms with Crippen LogP contribution in [0.25, 0.3) is 0 Å². The molecule has 5 nitrogen and oxygen atoms in total. The van der Waals surface area contributed by atoms with Crippen molar-refractivity contribution in [2.24, 2.45) is 0 Å². The molecule has 0 spiro atoms. The highest BCUT2D eigenvalue weighted by Gasteiger charge is 2.32. The van der Waals surface area contributed by atoms with E-state index in [-0.39, 0.29) is 18.2 Å². The minimum atomic E-state index is -0.677. The Bertz CT molecular complexity index is 745. The third-order valence-electron chi connectivity index (χ3n) is 3.41. The van der Waals surface area contributed by atoms with Gasteiger partial charge in [0.15, 0.2) is 6.10 Å². The molecule has 0 saturated carbocycles. The van der Waals surface area contributed by atoms with Gasteiger partial charge in [0.25, 0.3) is 5.91 Å². The van der Waals surface area contributed by atoms with Crippen molar-refractivity contribution in [1.82, 2.24) is 0 Å². The summed E-state index contributed by atoms with van der Waals surface area (Å²) >= 11 is 0. The van der Waals surface area contributed by atoms with Crippen LogP contribution in [0.3, 0.4) is 0 Å². The zero-order valence-corrected chi connectivity index (χ0v) is 12.4. The standard InChI is InChI=1S/C17H14FNO4/c1-11-17(21)19(14-4-2-3-5-15(14)22-11)10-16(20)23-13-8-6-12(18)7-9-13/h2-9,11H,10H2,1H3. The molecule has 118 valence electrons. The molecule has 1 heterocycles. The van der Waals surface area contributed by atoms with Crippen molar-refractivity contribution in [3.05, 3.63) is 54.3 Å². The van der Waals surface area contributed by atoms with Gasteiger partial charge in [0, 0.05) is 0 Å². The summed E-state index contributed by atoms with van der Waals surface area (Å²) in [5, 5.41) is 0. The summed E-state index contributed by atoms with van der Waals surface area (Å²) < 4.78 is 23.5. The Morgan fingerprint density at radius 1 is 1.22 bits per heavy atom. The molecular weight excluding hydrogens is 301 g/mol. The van der Waals surface area contributed by atoms with E-state index in [0.29, 0.717) is 11.4 Å². The van der Waals surface area contributed by atoms with Crippen molar-refractivity contribution < 1.29 is 23.5 Å². The number of carbonyl (C=O) groups is 2. The molecule has 3 rings (SSSR count). The van der Waals surface area contributed by atoms with Crippen LogP contribution in [-0.2, 0) is 9.59 Å². The second-order valence-corrected chi connectivity index (χ2v) is 5.08.